The summed E-state index contributed by atoms with van der Waals surface area (Å²) in [6.07, 6.45) is 6.58. The molecule has 0 fully saturated rings. The molecule has 0 rings (SSSR count). The van der Waals surface area contributed by atoms with E-state index in [1.165, 1.54) is 13.0 Å². The molecule has 0 bridgehead atoms. The Bertz CT molecular complexity index is 604. The number of nitrogens with one attached hydrogen (secondary N) is 4. The molecule has 0 aromatic heterocycles. The Hall–Kier alpha value is -2.22. The zero-order valence-electron chi connectivity index (χ0n) is 20.0. The van der Waals surface area contributed by atoms with Gasteiger partial charge in [0.15, 0.2) is 5.78 Å². The summed E-state index contributed by atoms with van der Waals surface area (Å²) < 4.78 is 0. The van der Waals surface area contributed by atoms with Crippen molar-refractivity contribution < 1.29 is 19.2 Å². The van der Waals surface area contributed by atoms with Crippen molar-refractivity contribution in [1.82, 2.24) is 21.3 Å². The van der Waals surface area contributed by atoms with Crippen LogP contribution in [-0.4, -0.2) is 54.7 Å². The van der Waals surface area contributed by atoms with Gasteiger partial charge in [0, 0.05) is 12.6 Å². The third-order valence-electron chi connectivity index (χ3n) is 4.91. The first-order chi connectivity index (χ1) is 14.6. The fourth-order valence-electron chi connectivity index (χ4n) is 2.99. The number of amides is 3. The van der Waals surface area contributed by atoms with Crippen LogP contribution in [0.4, 0.5) is 0 Å². The van der Waals surface area contributed by atoms with E-state index in [4.69, 9.17) is 0 Å². The lowest BCUT2D eigenvalue weighted by molar-refractivity contribution is -0.129. The van der Waals surface area contributed by atoms with Crippen LogP contribution in [0, 0.1) is 5.92 Å². The van der Waals surface area contributed by atoms with Crippen molar-refractivity contribution in [3.8, 4) is 0 Å². The maximum absolute atomic E-state index is 12.5. The molecule has 1 unspecified atom stereocenters. The lowest BCUT2D eigenvalue weighted by Gasteiger charge is -2.23. The van der Waals surface area contributed by atoms with Gasteiger partial charge in [0.1, 0.15) is 0 Å². The highest BCUT2D eigenvalue weighted by molar-refractivity contribution is 5.91. The van der Waals surface area contributed by atoms with Gasteiger partial charge >= 0.3 is 0 Å². The molecular weight excluding hydrogens is 396 g/mol. The number of carbonyl (C=O) groups excluding carboxylic acids is 4. The summed E-state index contributed by atoms with van der Waals surface area (Å²) in [4.78, 5) is 48.0. The lowest BCUT2D eigenvalue weighted by atomic mass is 10.0. The highest BCUT2D eigenvalue weighted by Crippen LogP contribution is 2.07. The summed E-state index contributed by atoms with van der Waals surface area (Å²) >= 11 is 0. The minimum absolute atomic E-state index is 0.131. The van der Waals surface area contributed by atoms with E-state index in [0.29, 0.717) is 38.1 Å². The Morgan fingerprint density at radius 1 is 0.968 bits per heavy atom. The summed E-state index contributed by atoms with van der Waals surface area (Å²) in [6, 6.07) is -0.752. The van der Waals surface area contributed by atoms with Gasteiger partial charge in [0.05, 0.1) is 18.6 Å². The van der Waals surface area contributed by atoms with E-state index in [2.05, 4.69) is 35.1 Å². The maximum atomic E-state index is 12.5. The Kier molecular flexibility index (Phi) is 15.3. The van der Waals surface area contributed by atoms with E-state index in [0.717, 1.165) is 6.42 Å². The molecule has 3 atom stereocenters. The fourth-order valence-corrected chi connectivity index (χ4v) is 2.99. The molecule has 0 saturated carbocycles. The topological polar surface area (TPSA) is 116 Å². The van der Waals surface area contributed by atoms with Crippen molar-refractivity contribution in [2.24, 2.45) is 5.92 Å². The molecule has 8 heteroatoms. The first-order valence-electron chi connectivity index (χ1n) is 11.3. The van der Waals surface area contributed by atoms with E-state index in [-0.39, 0.29) is 42.1 Å². The van der Waals surface area contributed by atoms with Crippen LogP contribution in [0.5, 0.6) is 0 Å². The number of ketones is 1. The highest BCUT2D eigenvalue weighted by Gasteiger charge is 2.22. The molecule has 0 spiro atoms. The molecule has 0 aliphatic heterocycles. The maximum Gasteiger partial charge on any atom is 0.243 e. The van der Waals surface area contributed by atoms with Gasteiger partial charge in [-0.3, -0.25) is 19.2 Å². The number of hydrogen-bond acceptors (Lipinski definition) is 5. The summed E-state index contributed by atoms with van der Waals surface area (Å²) in [5.74, 6) is -0.532. The van der Waals surface area contributed by atoms with E-state index in [1.54, 1.807) is 13.0 Å². The SMILES string of the molecule is C/C=C/C(=O)NCCCC[C@H](NC(=O)CNC(=O)[C@H](CC(C)C)NC(C)CC)C(C)=O. The Morgan fingerprint density at radius 2 is 1.65 bits per heavy atom. The fraction of sp³-hybridized carbons (Fsp3) is 0.739. The molecule has 0 radical (unpaired) electrons. The largest absolute Gasteiger partial charge is 0.353 e. The number of unbranched alkanes of at least 4 members (excludes halogenated alkanes) is 1. The Balaban J connectivity index is 4.47. The first kappa shape index (κ1) is 28.8. The van der Waals surface area contributed by atoms with E-state index >= 15 is 0 Å². The third kappa shape index (κ3) is 14.4. The quantitative estimate of drug-likeness (QED) is 0.217. The van der Waals surface area contributed by atoms with Crippen LogP contribution < -0.4 is 21.3 Å². The molecule has 0 aromatic rings. The van der Waals surface area contributed by atoms with Crippen LogP contribution in [0.2, 0.25) is 0 Å². The first-order valence-corrected chi connectivity index (χ1v) is 11.3. The second-order valence-corrected chi connectivity index (χ2v) is 8.39. The average Bonchev–Trinajstić information content (AvgIpc) is 2.69. The molecule has 3 amide bonds. The summed E-state index contributed by atoms with van der Waals surface area (Å²) in [7, 11) is 0. The number of hydrogen-bond donors (Lipinski definition) is 4. The van der Waals surface area contributed by atoms with Crippen molar-refractivity contribution >= 4 is 23.5 Å². The second kappa shape index (κ2) is 16.5. The van der Waals surface area contributed by atoms with Crippen LogP contribution in [0.3, 0.4) is 0 Å². The summed E-state index contributed by atoms with van der Waals surface area (Å²) in [5, 5.41) is 11.4. The van der Waals surface area contributed by atoms with Gasteiger partial charge in [-0.1, -0.05) is 26.8 Å². The predicted octanol–water partition coefficient (Wildman–Crippen LogP) is 1.84. The molecule has 0 heterocycles. The van der Waals surface area contributed by atoms with Crippen LogP contribution >= 0.6 is 0 Å². The van der Waals surface area contributed by atoms with Crippen molar-refractivity contribution in [2.45, 2.75) is 91.8 Å². The number of Topliss-reactive ketones (excluding diaryl/α,β-unsaturated/α-hetero) is 1. The molecule has 178 valence electrons. The Morgan fingerprint density at radius 3 is 2.19 bits per heavy atom. The van der Waals surface area contributed by atoms with Crippen LogP contribution in [0.25, 0.3) is 0 Å². The van der Waals surface area contributed by atoms with Crippen LogP contribution in [0.1, 0.15) is 73.6 Å². The monoisotopic (exact) mass is 438 g/mol. The van der Waals surface area contributed by atoms with Crippen molar-refractivity contribution in [1.29, 1.82) is 0 Å². The zero-order chi connectivity index (χ0) is 23.8. The molecular formula is C23H42N4O4. The van der Waals surface area contributed by atoms with Gasteiger partial charge in [-0.05, 0) is 64.9 Å². The van der Waals surface area contributed by atoms with Gasteiger partial charge in [-0.15, -0.1) is 0 Å². The van der Waals surface area contributed by atoms with E-state index in [1.807, 2.05) is 13.8 Å². The van der Waals surface area contributed by atoms with Crippen molar-refractivity contribution in [2.75, 3.05) is 13.1 Å². The molecule has 8 nitrogen and oxygen atoms in total. The molecule has 0 saturated heterocycles. The van der Waals surface area contributed by atoms with Gasteiger partial charge in [-0.25, -0.2) is 0 Å². The number of allylic oxidation sites excluding steroid dienone is 1. The number of carbonyl (C=O) groups is 4. The second-order valence-electron chi connectivity index (χ2n) is 8.39. The summed E-state index contributed by atoms with van der Waals surface area (Å²) in [6.45, 7) is 11.7. The standard InChI is InChI=1S/C23H42N4O4/c1-7-11-21(29)24-13-10-9-12-19(18(6)28)27-22(30)15-25-23(31)20(14-16(3)4)26-17(5)8-2/h7,11,16-17,19-20,26H,8-10,12-15H2,1-6H3,(H,24,29)(H,25,31)(H,27,30)/b11-7+/t17?,19-,20-/m0/s1. The molecule has 0 aliphatic rings. The lowest BCUT2D eigenvalue weighted by Crippen LogP contribution is -2.51. The van der Waals surface area contributed by atoms with Crippen molar-refractivity contribution in [3.05, 3.63) is 12.2 Å². The molecule has 0 aliphatic carbocycles. The molecule has 0 aromatic carbocycles. The highest BCUT2D eigenvalue weighted by atomic mass is 16.2. The van der Waals surface area contributed by atoms with Gasteiger partial charge in [-0.2, -0.15) is 0 Å². The van der Waals surface area contributed by atoms with Gasteiger partial charge in [0.2, 0.25) is 17.7 Å². The third-order valence-corrected chi connectivity index (χ3v) is 4.91. The smallest absolute Gasteiger partial charge is 0.243 e. The van der Waals surface area contributed by atoms with Gasteiger partial charge in [0.25, 0.3) is 0 Å². The van der Waals surface area contributed by atoms with Gasteiger partial charge < -0.3 is 21.3 Å². The van der Waals surface area contributed by atoms with Crippen LogP contribution in [0.15, 0.2) is 12.2 Å². The zero-order valence-corrected chi connectivity index (χ0v) is 20.0. The average molecular weight is 439 g/mol. The number of rotatable bonds is 16. The Labute approximate surface area is 187 Å². The van der Waals surface area contributed by atoms with Crippen LogP contribution in [-0.2, 0) is 19.2 Å². The van der Waals surface area contributed by atoms with E-state index < -0.39 is 6.04 Å². The minimum atomic E-state index is -0.597. The van der Waals surface area contributed by atoms with Crippen molar-refractivity contribution in [3.63, 3.8) is 0 Å². The molecule has 31 heavy (non-hydrogen) atoms. The summed E-state index contributed by atoms with van der Waals surface area (Å²) in [5.41, 5.74) is 0. The molecule has 4 N–H and O–H groups in total. The predicted molar refractivity (Wildman–Crippen MR) is 123 cm³/mol. The van der Waals surface area contributed by atoms with E-state index in [9.17, 15) is 19.2 Å². The normalized spacial score (nSPS) is 14.2. The minimum Gasteiger partial charge on any atom is -0.353 e.